The van der Waals surface area contributed by atoms with Crippen molar-refractivity contribution in [2.45, 2.75) is 11.6 Å². The number of nitriles is 1. The number of hydrogen-bond donors (Lipinski definition) is 0. The molecule has 1 aliphatic rings. The number of thioether (sulfide) groups is 1. The molecule has 1 aliphatic heterocycles. The minimum Gasteiger partial charge on any atom is -0.353 e. The van der Waals surface area contributed by atoms with Gasteiger partial charge in [0.25, 0.3) is 0 Å². The zero-order valence-corrected chi connectivity index (χ0v) is 15.0. The van der Waals surface area contributed by atoms with Crippen LogP contribution in [0.2, 0.25) is 5.02 Å². The van der Waals surface area contributed by atoms with Gasteiger partial charge in [0.1, 0.15) is 23.0 Å². The van der Waals surface area contributed by atoms with E-state index in [1.165, 1.54) is 18.1 Å². The van der Waals surface area contributed by atoms with Crippen LogP contribution in [0.5, 0.6) is 0 Å². The number of hydrogen-bond acceptors (Lipinski definition) is 6. The Kier molecular flexibility index (Phi) is 5.56. The second kappa shape index (κ2) is 7.84. The van der Waals surface area contributed by atoms with Crippen LogP contribution in [0.3, 0.4) is 0 Å². The predicted octanol–water partition coefficient (Wildman–Crippen LogP) is 3.05. The lowest BCUT2D eigenvalue weighted by Crippen LogP contribution is -2.46. The summed E-state index contributed by atoms with van der Waals surface area (Å²) in [5.74, 6) is 0.745. The summed E-state index contributed by atoms with van der Waals surface area (Å²) in [6, 6.07) is 10.2. The first-order valence-corrected chi connectivity index (χ1v) is 9.33. The van der Waals surface area contributed by atoms with E-state index in [-0.39, 0.29) is 0 Å². The van der Waals surface area contributed by atoms with Gasteiger partial charge >= 0.3 is 0 Å². The molecule has 24 heavy (non-hydrogen) atoms. The summed E-state index contributed by atoms with van der Waals surface area (Å²) in [6.45, 7) is 4.34. The highest BCUT2D eigenvalue weighted by molar-refractivity contribution is 7.98. The first-order valence-electron chi connectivity index (χ1n) is 7.72. The molecule has 3 rings (SSSR count). The quantitative estimate of drug-likeness (QED) is 0.617. The third kappa shape index (κ3) is 3.64. The Labute approximate surface area is 151 Å². The number of benzene rings is 1. The Bertz CT molecular complexity index is 753. The van der Waals surface area contributed by atoms with E-state index < -0.39 is 0 Å². The molecule has 5 nitrogen and oxygen atoms in total. The van der Waals surface area contributed by atoms with Gasteiger partial charge in [0, 0.05) is 37.7 Å². The lowest BCUT2D eigenvalue weighted by molar-refractivity contribution is 0.249. The average molecular weight is 360 g/mol. The van der Waals surface area contributed by atoms with E-state index in [4.69, 9.17) is 11.6 Å². The Morgan fingerprint density at radius 2 is 1.96 bits per heavy atom. The molecule has 0 radical (unpaired) electrons. The van der Waals surface area contributed by atoms with E-state index in [1.54, 1.807) is 0 Å². The van der Waals surface area contributed by atoms with E-state index >= 15 is 0 Å². The van der Waals surface area contributed by atoms with Gasteiger partial charge in [-0.15, -0.1) is 11.8 Å². The number of nitrogens with zero attached hydrogens (tertiary/aromatic N) is 5. The molecule has 0 unspecified atom stereocenters. The van der Waals surface area contributed by atoms with Crippen molar-refractivity contribution in [3.05, 3.63) is 46.7 Å². The second-order valence-electron chi connectivity index (χ2n) is 5.55. The summed E-state index contributed by atoms with van der Waals surface area (Å²) in [5.41, 5.74) is 1.72. The monoisotopic (exact) mass is 359 g/mol. The van der Waals surface area contributed by atoms with Crippen molar-refractivity contribution in [2.24, 2.45) is 0 Å². The SMILES string of the molecule is CSc1ncnc(N2CCN(Cc3ccccc3Cl)CC2)c1C#N. The van der Waals surface area contributed by atoms with Crippen molar-refractivity contribution < 1.29 is 0 Å². The highest BCUT2D eigenvalue weighted by atomic mass is 35.5. The number of rotatable bonds is 4. The average Bonchev–Trinajstić information content (AvgIpc) is 2.63. The van der Waals surface area contributed by atoms with E-state index in [2.05, 4.69) is 31.9 Å². The van der Waals surface area contributed by atoms with Gasteiger partial charge in [-0.05, 0) is 17.9 Å². The van der Waals surface area contributed by atoms with Crippen LogP contribution in [-0.2, 0) is 6.54 Å². The number of aromatic nitrogens is 2. The van der Waals surface area contributed by atoms with Crippen LogP contribution in [0.1, 0.15) is 11.1 Å². The van der Waals surface area contributed by atoms with Crippen molar-refractivity contribution >= 4 is 29.2 Å². The van der Waals surface area contributed by atoms with Gasteiger partial charge in [0.15, 0.2) is 5.82 Å². The Morgan fingerprint density at radius 3 is 2.62 bits per heavy atom. The highest BCUT2D eigenvalue weighted by Gasteiger charge is 2.22. The Balaban J connectivity index is 1.68. The molecule has 1 fully saturated rings. The highest BCUT2D eigenvalue weighted by Crippen LogP contribution is 2.26. The third-order valence-electron chi connectivity index (χ3n) is 4.12. The van der Waals surface area contributed by atoms with E-state index in [0.29, 0.717) is 5.56 Å². The zero-order chi connectivity index (χ0) is 16.9. The van der Waals surface area contributed by atoms with Crippen molar-refractivity contribution in [3.8, 4) is 6.07 Å². The summed E-state index contributed by atoms with van der Waals surface area (Å²) in [5, 5.41) is 11.0. The Morgan fingerprint density at radius 1 is 1.21 bits per heavy atom. The molecule has 0 amide bonds. The van der Waals surface area contributed by atoms with Crippen molar-refractivity contribution in [1.82, 2.24) is 14.9 Å². The molecule has 2 aromatic rings. The van der Waals surface area contributed by atoms with Crippen molar-refractivity contribution in [1.29, 1.82) is 5.26 Å². The fourth-order valence-corrected chi connectivity index (χ4v) is 3.53. The topological polar surface area (TPSA) is 56.1 Å². The van der Waals surface area contributed by atoms with Crippen LogP contribution >= 0.6 is 23.4 Å². The molecular weight excluding hydrogens is 342 g/mol. The standard InChI is InChI=1S/C17H18ClN5S/c1-24-17-14(10-19)16(20-12-21-17)23-8-6-22(7-9-23)11-13-4-2-3-5-15(13)18/h2-5,12H,6-9,11H2,1H3. The van der Waals surface area contributed by atoms with Gasteiger partial charge < -0.3 is 4.90 Å². The summed E-state index contributed by atoms with van der Waals surface area (Å²) in [4.78, 5) is 13.1. The summed E-state index contributed by atoms with van der Waals surface area (Å²) in [6.07, 6.45) is 3.46. The fourth-order valence-electron chi connectivity index (χ4n) is 2.84. The van der Waals surface area contributed by atoms with Crippen LogP contribution in [0.25, 0.3) is 0 Å². The van der Waals surface area contributed by atoms with Gasteiger partial charge in [-0.25, -0.2) is 9.97 Å². The molecule has 0 spiro atoms. The molecule has 0 N–H and O–H groups in total. The smallest absolute Gasteiger partial charge is 0.151 e. The molecule has 0 aliphatic carbocycles. The molecule has 0 saturated carbocycles. The van der Waals surface area contributed by atoms with Gasteiger partial charge in [-0.1, -0.05) is 29.8 Å². The van der Waals surface area contributed by atoms with E-state index in [0.717, 1.165) is 54.2 Å². The van der Waals surface area contributed by atoms with Crippen LogP contribution in [0, 0.1) is 11.3 Å². The predicted molar refractivity (Wildman–Crippen MR) is 97.5 cm³/mol. The van der Waals surface area contributed by atoms with E-state index in [1.807, 2.05) is 24.5 Å². The third-order valence-corrected chi connectivity index (χ3v) is 5.19. The minimum atomic E-state index is 0.574. The summed E-state index contributed by atoms with van der Waals surface area (Å²) >= 11 is 7.73. The van der Waals surface area contributed by atoms with Crippen molar-refractivity contribution in [3.63, 3.8) is 0 Å². The molecule has 1 aromatic carbocycles. The maximum atomic E-state index is 9.44. The molecule has 124 valence electrons. The Hall–Kier alpha value is -1.81. The fraction of sp³-hybridized carbons (Fsp3) is 0.353. The summed E-state index contributed by atoms with van der Waals surface area (Å²) < 4.78 is 0. The van der Waals surface area contributed by atoms with Crippen LogP contribution in [-0.4, -0.2) is 47.3 Å². The maximum absolute atomic E-state index is 9.44. The molecule has 1 aromatic heterocycles. The molecular formula is C17H18ClN5S. The lowest BCUT2D eigenvalue weighted by atomic mass is 10.2. The van der Waals surface area contributed by atoms with Crippen LogP contribution in [0.4, 0.5) is 5.82 Å². The largest absolute Gasteiger partial charge is 0.353 e. The minimum absolute atomic E-state index is 0.574. The van der Waals surface area contributed by atoms with Gasteiger partial charge in [0.05, 0.1) is 0 Å². The lowest BCUT2D eigenvalue weighted by Gasteiger charge is -2.35. The molecule has 0 bridgehead atoms. The van der Waals surface area contributed by atoms with Gasteiger partial charge in [-0.3, -0.25) is 4.90 Å². The zero-order valence-electron chi connectivity index (χ0n) is 13.4. The first kappa shape index (κ1) is 17.0. The van der Waals surface area contributed by atoms with Crippen molar-refractivity contribution in [2.75, 3.05) is 37.3 Å². The number of anilines is 1. The summed E-state index contributed by atoms with van der Waals surface area (Å²) in [7, 11) is 0. The normalized spacial score (nSPS) is 15.3. The van der Waals surface area contributed by atoms with Gasteiger partial charge in [0.2, 0.25) is 0 Å². The van der Waals surface area contributed by atoms with E-state index in [9.17, 15) is 5.26 Å². The van der Waals surface area contributed by atoms with Crippen LogP contribution in [0.15, 0.2) is 35.6 Å². The number of piperazine rings is 1. The molecule has 2 heterocycles. The van der Waals surface area contributed by atoms with Crippen LogP contribution < -0.4 is 4.90 Å². The first-order chi connectivity index (χ1) is 11.7. The maximum Gasteiger partial charge on any atom is 0.151 e. The van der Waals surface area contributed by atoms with Gasteiger partial charge in [-0.2, -0.15) is 5.26 Å². The second-order valence-corrected chi connectivity index (χ2v) is 6.75. The molecule has 7 heteroatoms. The molecule has 1 saturated heterocycles. The molecule has 0 atom stereocenters. The number of halogens is 1.